The van der Waals surface area contributed by atoms with Gasteiger partial charge in [-0.1, -0.05) is 25.5 Å². The van der Waals surface area contributed by atoms with Crippen molar-refractivity contribution in [1.82, 2.24) is 0 Å². The standard InChI is InChI=1S/C10H14NO3S/c1-2-3-9-11(15(12,13)14)10-7-5-4-6-8-10/h5-8H,2-3,9H2,1H3,(H,12,13,14). The van der Waals surface area contributed by atoms with Gasteiger partial charge in [0.05, 0.1) is 5.69 Å². The van der Waals surface area contributed by atoms with Crippen molar-refractivity contribution in [1.29, 1.82) is 0 Å². The zero-order valence-electron chi connectivity index (χ0n) is 8.55. The highest BCUT2D eigenvalue weighted by molar-refractivity contribution is 7.87. The van der Waals surface area contributed by atoms with E-state index in [0.29, 0.717) is 18.7 Å². The van der Waals surface area contributed by atoms with E-state index in [2.05, 4.69) is 6.07 Å². The topological polar surface area (TPSA) is 57.6 Å². The van der Waals surface area contributed by atoms with Crippen molar-refractivity contribution in [2.75, 3.05) is 10.8 Å². The van der Waals surface area contributed by atoms with Crippen molar-refractivity contribution in [3.8, 4) is 0 Å². The van der Waals surface area contributed by atoms with Crippen LogP contribution >= 0.6 is 0 Å². The van der Waals surface area contributed by atoms with E-state index in [9.17, 15) is 8.42 Å². The van der Waals surface area contributed by atoms with E-state index in [1.807, 2.05) is 6.92 Å². The highest BCUT2D eigenvalue weighted by Crippen LogP contribution is 2.16. The van der Waals surface area contributed by atoms with Gasteiger partial charge >= 0.3 is 10.3 Å². The highest BCUT2D eigenvalue weighted by Gasteiger charge is 2.18. The Bertz CT molecular complexity index is 388. The molecule has 0 unspecified atom stereocenters. The molecule has 83 valence electrons. The maximum Gasteiger partial charge on any atom is 0.359 e. The van der Waals surface area contributed by atoms with E-state index in [0.717, 1.165) is 10.7 Å². The fourth-order valence-electron chi connectivity index (χ4n) is 1.22. The summed E-state index contributed by atoms with van der Waals surface area (Å²) in [5, 5.41) is 0. The molecule has 1 rings (SSSR count). The SMILES string of the molecule is CCCCN(c1cc[c]cc1)S(=O)(=O)O. The molecule has 15 heavy (non-hydrogen) atoms. The van der Waals surface area contributed by atoms with E-state index < -0.39 is 10.3 Å². The van der Waals surface area contributed by atoms with Crippen molar-refractivity contribution in [2.45, 2.75) is 19.8 Å². The van der Waals surface area contributed by atoms with Crippen LogP contribution in [0.1, 0.15) is 19.8 Å². The summed E-state index contributed by atoms with van der Waals surface area (Å²) in [6.07, 6.45) is 1.57. The molecule has 1 aromatic rings. The van der Waals surface area contributed by atoms with Gasteiger partial charge < -0.3 is 0 Å². The zero-order chi connectivity index (χ0) is 11.3. The Morgan fingerprint density at radius 2 is 2.00 bits per heavy atom. The Labute approximate surface area is 90.4 Å². The van der Waals surface area contributed by atoms with Crippen LogP contribution in [0.2, 0.25) is 0 Å². The van der Waals surface area contributed by atoms with Crippen molar-refractivity contribution >= 4 is 16.0 Å². The largest absolute Gasteiger partial charge is 0.359 e. The minimum absolute atomic E-state index is 0.291. The number of unbranched alkanes of at least 4 members (excludes halogenated alkanes) is 1. The number of hydrogen-bond donors (Lipinski definition) is 1. The third-order valence-electron chi connectivity index (χ3n) is 1.98. The Morgan fingerprint density at radius 3 is 2.47 bits per heavy atom. The molecule has 0 aliphatic carbocycles. The molecule has 0 aromatic heterocycles. The second-order valence-electron chi connectivity index (χ2n) is 3.16. The van der Waals surface area contributed by atoms with Gasteiger partial charge in [0, 0.05) is 6.54 Å². The molecule has 5 heteroatoms. The van der Waals surface area contributed by atoms with Crippen LogP contribution in [-0.2, 0) is 10.3 Å². The summed E-state index contributed by atoms with van der Waals surface area (Å²) >= 11 is 0. The van der Waals surface area contributed by atoms with Crippen LogP contribution in [0.15, 0.2) is 24.3 Å². The summed E-state index contributed by atoms with van der Waals surface area (Å²) in [5.74, 6) is 0. The minimum Gasteiger partial charge on any atom is -0.269 e. The lowest BCUT2D eigenvalue weighted by molar-refractivity contribution is 0.477. The van der Waals surface area contributed by atoms with E-state index in [1.54, 1.807) is 24.3 Å². The third-order valence-corrected chi connectivity index (χ3v) is 2.93. The zero-order valence-corrected chi connectivity index (χ0v) is 9.37. The summed E-state index contributed by atoms with van der Waals surface area (Å²) in [6, 6.07) is 9.21. The molecule has 1 radical (unpaired) electrons. The second-order valence-corrected chi connectivity index (χ2v) is 4.50. The molecule has 0 fully saturated rings. The van der Waals surface area contributed by atoms with Crippen molar-refractivity contribution in [3.63, 3.8) is 0 Å². The van der Waals surface area contributed by atoms with Crippen LogP contribution in [0.3, 0.4) is 0 Å². The molecule has 4 nitrogen and oxygen atoms in total. The fourth-order valence-corrected chi connectivity index (χ4v) is 1.97. The van der Waals surface area contributed by atoms with Gasteiger partial charge in [-0.3, -0.25) is 4.55 Å². The lowest BCUT2D eigenvalue weighted by Crippen LogP contribution is -2.31. The lowest BCUT2D eigenvalue weighted by Gasteiger charge is -2.20. The monoisotopic (exact) mass is 228 g/mol. The summed E-state index contributed by atoms with van der Waals surface area (Å²) in [6.45, 7) is 2.25. The molecule has 1 aromatic carbocycles. The third kappa shape index (κ3) is 3.53. The van der Waals surface area contributed by atoms with E-state index in [1.165, 1.54) is 0 Å². The Kier molecular flexibility index (Phi) is 4.11. The number of nitrogens with zero attached hydrogens (tertiary/aromatic N) is 1. The summed E-state index contributed by atoms with van der Waals surface area (Å²) in [4.78, 5) is 0. The van der Waals surface area contributed by atoms with Gasteiger partial charge in [0.2, 0.25) is 0 Å². The molecule has 0 saturated carbocycles. The quantitative estimate of drug-likeness (QED) is 0.783. The van der Waals surface area contributed by atoms with E-state index in [-0.39, 0.29) is 0 Å². The van der Waals surface area contributed by atoms with Gasteiger partial charge in [0.1, 0.15) is 0 Å². The maximum atomic E-state index is 11.1. The van der Waals surface area contributed by atoms with Gasteiger partial charge in [0.15, 0.2) is 0 Å². The lowest BCUT2D eigenvalue weighted by atomic mass is 10.3. The van der Waals surface area contributed by atoms with Crippen LogP contribution in [0, 0.1) is 6.07 Å². The molecule has 0 atom stereocenters. The van der Waals surface area contributed by atoms with E-state index >= 15 is 0 Å². The number of anilines is 1. The van der Waals surface area contributed by atoms with Crippen LogP contribution in [0.4, 0.5) is 5.69 Å². The van der Waals surface area contributed by atoms with Crippen molar-refractivity contribution in [2.24, 2.45) is 0 Å². The van der Waals surface area contributed by atoms with Crippen molar-refractivity contribution < 1.29 is 13.0 Å². The van der Waals surface area contributed by atoms with Gasteiger partial charge in [-0.25, -0.2) is 4.31 Å². The predicted molar refractivity (Wildman–Crippen MR) is 59.1 cm³/mol. The average molecular weight is 228 g/mol. The molecule has 0 amide bonds. The molecule has 0 saturated heterocycles. The first-order valence-corrected chi connectivity index (χ1v) is 6.16. The first-order chi connectivity index (χ1) is 7.05. The van der Waals surface area contributed by atoms with Gasteiger partial charge in [0.25, 0.3) is 0 Å². The molecule has 0 spiro atoms. The highest BCUT2D eigenvalue weighted by atomic mass is 32.2. The molecule has 0 bridgehead atoms. The number of rotatable bonds is 5. The predicted octanol–water partition coefficient (Wildman–Crippen LogP) is 1.90. The summed E-state index contributed by atoms with van der Waals surface area (Å²) in [5.41, 5.74) is 0.463. The Morgan fingerprint density at radius 1 is 1.40 bits per heavy atom. The van der Waals surface area contributed by atoms with Crippen molar-refractivity contribution in [3.05, 3.63) is 30.3 Å². The molecular formula is C10H14NO3S. The van der Waals surface area contributed by atoms with Gasteiger partial charge in [-0.15, -0.1) is 0 Å². The van der Waals surface area contributed by atoms with E-state index in [4.69, 9.17) is 4.55 Å². The number of benzene rings is 1. The average Bonchev–Trinajstić information content (AvgIpc) is 2.18. The normalized spacial score (nSPS) is 11.3. The van der Waals surface area contributed by atoms with Crippen LogP contribution < -0.4 is 4.31 Å². The first kappa shape index (κ1) is 12.0. The summed E-state index contributed by atoms with van der Waals surface area (Å²) < 4.78 is 32.3. The molecule has 0 aliphatic heterocycles. The Hall–Kier alpha value is -1.07. The van der Waals surface area contributed by atoms with Gasteiger partial charge in [-0.2, -0.15) is 8.42 Å². The number of hydrogen-bond acceptors (Lipinski definition) is 2. The molecule has 1 N–H and O–H groups in total. The van der Waals surface area contributed by atoms with Crippen LogP contribution in [-0.4, -0.2) is 19.5 Å². The smallest absolute Gasteiger partial charge is 0.269 e. The summed E-state index contributed by atoms with van der Waals surface area (Å²) in [7, 11) is -4.17. The molecular weight excluding hydrogens is 214 g/mol. The second kappa shape index (κ2) is 5.14. The fraction of sp³-hybridized carbons (Fsp3) is 0.400. The van der Waals surface area contributed by atoms with Gasteiger partial charge in [-0.05, 0) is 24.6 Å². The minimum atomic E-state index is -4.17. The maximum absolute atomic E-state index is 11.1. The molecule has 0 heterocycles. The first-order valence-electron chi connectivity index (χ1n) is 4.77. The Balaban J connectivity index is 2.92. The molecule has 0 aliphatic rings. The van der Waals surface area contributed by atoms with Crippen LogP contribution in [0.5, 0.6) is 0 Å². The van der Waals surface area contributed by atoms with Crippen LogP contribution in [0.25, 0.3) is 0 Å².